The molecule has 0 aliphatic heterocycles. The van der Waals surface area contributed by atoms with Gasteiger partial charge in [-0.1, -0.05) is 48.6 Å². The van der Waals surface area contributed by atoms with E-state index >= 15 is 0 Å². The Balaban J connectivity index is 1.77. The van der Waals surface area contributed by atoms with Gasteiger partial charge < -0.3 is 15.5 Å². The van der Waals surface area contributed by atoms with Gasteiger partial charge in [0.1, 0.15) is 0 Å². The lowest BCUT2D eigenvalue weighted by molar-refractivity contribution is -0.121. The van der Waals surface area contributed by atoms with Crippen LogP contribution >= 0.6 is 0 Å². The van der Waals surface area contributed by atoms with Gasteiger partial charge in [0.25, 0.3) is 0 Å². The molecule has 3 N–H and O–H groups in total. The number of benzene rings is 1. The summed E-state index contributed by atoms with van der Waals surface area (Å²) in [6.45, 7) is -5.71. The van der Waals surface area contributed by atoms with E-state index in [0.29, 0.717) is 32.1 Å². The fourth-order valence-electron chi connectivity index (χ4n) is 3.80. The third-order valence-electron chi connectivity index (χ3n) is 5.47. The van der Waals surface area contributed by atoms with Crippen molar-refractivity contribution >= 4 is 11.7 Å². The van der Waals surface area contributed by atoms with Gasteiger partial charge in [0.05, 0.1) is 12.2 Å². The number of aliphatic hydroxyl groups excluding tert-OH is 2. The van der Waals surface area contributed by atoms with Gasteiger partial charge >= 0.3 is 0 Å². The van der Waals surface area contributed by atoms with Crippen LogP contribution in [0.2, 0.25) is 0 Å². The number of hydrogen-bond donors (Lipinski definition) is 3. The average molecular weight is 419 g/mol. The van der Waals surface area contributed by atoms with Gasteiger partial charge in [0.15, 0.2) is 5.78 Å². The molecule has 1 aromatic carbocycles. The lowest BCUT2D eigenvalue weighted by Crippen LogP contribution is -2.21. The van der Waals surface area contributed by atoms with Crippen molar-refractivity contribution in [3.8, 4) is 0 Å². The molecule has 1 fully saturated rings. The first-order valence-corrected chi connectivity index (χ1v) is 10.5. The van der Waals surface area contributed by atoms with Gasteiger partial charge in [0.2, 0.25) is 5.91 Å². The number of carbonyl (C=O) groups excluding carboxylic acids is 2. The number of hydrogen-bond acceptors (Lipinski definition) is 4. The molecule has 1 aromatic rings. The molecule has 4 atom stereocenters. The largest absolute Gasteiger partial charge is 0.393 e. The highest BCUT2D eigenvalue weighted by atomic mass is 16.3. The van der Waals surface area contributed by atoms with E-state index in [1.54, 1.807) is 6.08 Å². The molecule has 1 aliphatic rings. The van der Waals surface area contributed by atoms with E-state index < -0.39 is 31.5 Å². The Hall–Kier alpha value is -2.24. The van der Waals surface area contributed by atoms with Crippen molar-refractivity contribution in [2.75, 3.05) is 6.50 Å². The van der Waals surface area contributed by atoms with Crippen molar-refractivity contribution in [2.45, 2.75) is 64.0 Å². The fraction of sp³-hybridized carbons (Fsp3) is 0.520. The minimum atomic E-state index is -2.94. The van der Waals surface area contributed by atoms with Crippen LogP contribution in [0.3, 0.4) is 0 Å². The van der Waals surface area contributed by atoms with Crippen molar-refractivity contribution in [3.63, 3.8) is 0 Å². The smallest absolute Gasteiger partial charge is 0.219 e. The van der Waals surface area contributed by atoms with Crippen LogP contribution in [0.15, 0.2) is 54.6 Å². The van der Waals surface area contributed by atoms with E-state index in [9.17, 15) is 19.8 Å². The Morgan fingerprint density at radius 2 is 2.00 bits per heavy atom. The van der Waals surface area contributed by atoms with Gasteiger partial charge in [-0.2, -0.15) is 0 Å². The predicted octanol–water partition coefficient (Wildman–Crippen LogP) is 3.36. The molecule has 0 heterocycles. The molecule has 164 valence electrons. The van der Waals surface area contributed by atoms with Gasteiger partial charge in [-0.05, 0) is 50.1 Å². The number of amides is 1. The summed E-state index contributed by atoms with van der Waals surface area (Å²) in [5, 5.41) is 22.6. The molecule has 1 aliphatic carbocycles. The molecular weight excluding hydrogens is 378 g/mol. The zero-order valence-corrected chi connectivity index (χ0v) is 17.2. The first-order valence-electron chi connectivity index (χ1n) is 13.0. The summed E-state index contributed by atoms with van der Waals surface area (Å²) in [5.74, 6) is -1.26. The molecule has 5 heteroatoms. The minimum absolute atomic E-state index is 0.0127. The summed E-state index contributed by atoms with van der Waals surface area (Å²) in [4.78, 5) is 24.1. The number of rotatable bonds is 12. The topological polar surface area (TPSA) is 86.6 Å². The molecule has 30 heavy (non-hydrogen) atoms. The molecule has 1 saturated carbocycles. The van der Waals surface area contributed by atoms with Gasteiger partial charge in [-0.3, -0.25) is 9.59 Å². The maximum absolute atomic E-state index is 12.3. The minimum Gasteiger partial charge on any atom is -0.393 e. The Bertz CT molecular complexity index is 886. The van der Waals surface area contributed by atoms with Crippen molar-refractivity contribution in [3.05, 3.63) is 60.2 Å². The van der Waals surface area contributed by atoms with Crippen molar-refractivity contribution in [2.24, 2.45) is 11.8 Å². The van der Waals surface area contributed by atoms with Crippen molar-refractivity contribution in [1.29, 1.82) is 0 Å². The molecule has 5 nitrogen and oxygen atoms in total. The zero-order chi connectivity index (χ0) is 26.1. The van der Waals surface area contributed by atoms with Crippen LogP contribution in [-0.2, 0) is 16.0 Å². The first kappa shape index (κ1) is 17.4. The Labute approximate surface area is 186 Å². The summed E-state index contributed by atoms with van der Waals surface area (Å²) in [7, 11) is 0. The van der Waals surface area contributed by atoms with Crippen LogP contribution < -0.4 is 5.32 Å². The molecule has 2 rings (SSSR count). The van der Waals surface area contributed by atoms with Gasteiger partial charge in [-0.15, -0.1) is 0 Å². The van der Waals surface area contributed by atoms with E-state index in [1.165, 1.54) is 6.08 Å². The Morgan fingerprint density at radius 1 is 1.20 bits per heavy atom. The lowest BCUT2D eigenvalue weighted by Gasteiger charge is -2.19. The van der Waals surface area contributed by atoms with E-state index in [4.69, 9.17) is 6.85 Å². The number of carbonyl (C=O) groups is 2. The van der Waals surface area contributed by atoms with Gasteiger partial charge in [0, 0.05) is 38.5 Å². The molecular formula is C25H35NO4. The first-order chi connectivity index (χ1) is 16.4. The highest BCUT2D eigenvalue weighted by Crippen LogP contribution is 2.36. The summed E-state index contributed by atoms with van der Waals surface area (Å²) in [5.41, 5.74) is 1.09. The molecule has 0 unspecified atom stereocenters. The van der Waals surface area contributed by atoms with Crippen LogP contribution in [0.5, 0.6) is 0 Å². The highest BCUT2D eigenvalue weighted by molar-refractivity contribution is 5.89. The number of ketones is 1. The monoisotopic (exact) mass is 418 g/mol. The number of nitrogens with one attached hydrogen (secondary N) is 1. The number of unbranched alkanes of at least 4 members (excludes halogenated alkanes) is 1. The van der Waals surface area contributed by atoms with E-state index in [0.717, 1.165) is 5.56 Å². The normalized spacial score (nSPS) is 27.3. The number of allylic oxidation sites excluding steroid dienone is 3. The van der Waals surface area contributed by atoms with Gasteiger partial charge in [-0.25, -0.2) is 0 Å². The second-order valence-corrected chi connectivity index (χ2v) is 7.70. The average Bonchev–Trinajstić information content (AvgIpc) is 3.04. The summed E-state index contributed by atoms with van der Waals surface area (Å²) in [6.07, 6.45) is 8.19. The van der Waals surface area contributed by atoms with Crippen LogP contribution in [0, 0.1) is 11.8 Å². The molecule has 0 saturated heterocycles. The van der Waals surface area contributed by atoms with Crippen LogP contribution in [0.25, 0.3) is 0 Å². The third-order valence-corrected chi connectivity index (χ3v) is 5.47. The van der Waals surface area contributed by atoms with Crippen molar-refractivity contribution in [1.82, 2.24) is 5.32 Å². The second-order valence-electron chi connectivity index (χ2n) is 7.70. The molecule has 0 radical (unpaired) electrons. The zero-order valence-electron chi connectivity index (χ0n) is 22.2. The van der Waals surface area contributed by atoms with Crippen LogP contribution in [-0.4, -0.2) is 40.6 Å². The standard InChI is InChI=1S/C25H35NO4/c1-2-26-25(30)13-9-4-3-8-12-21-22(24(29)18-23(21)28)17-16-20(27)15-14-19-10-6-5-7-11-19/h3,5-8,10-11,16-17,21-24,28-29H,2,4,9,12-15,18H2,1H3,(H,26,30)/b8-3-,17-16+/t21-,22-,23+,24-/m1/s1/i1D3,2D2. The third kappa shape index (κ3) is 8.25. The van der Waals surface area contributed by atoms with Crippen LogP contribution in [0.4, 0.5) is 0 Å². The number of aliphatic hydroxyl groups is 2. The molecule has 0 bridgehead atoms. The molecule has 1 amide bonds. The fourth-order valence-corrected chi connectivity index (χ4v) is 3.80. The summed E-state index contributed by atoms with van der Waals surface area (Å²) < 4.78 is 36.1. The SMILES string of the molecule is [2H]C([2H])([2H])C([2H])([2H])NC(=O)CCC/C=C\C[C@@H]1[C@@H](/C=C/C(=O)CCc2ccccc2)[C@H](O)C[C@@H]1O. The Morgan fingerprint density at radius 3 is 2.77 bits per heavy atom. The van der Waals surface area contributed by atoms with Crippen molar-refractivity contribution < 1.29 is 26.7 Å². The second kappa shape index (κ2) is 13.1. The van der Waals surface area contributed by atoms with E-state index in [-0.39, 0.29) is 30.5 Å². The molecule has 0 aromatic heterocycles. The highest BCUT2D eigenvalue weighted by Gasteiger charge is 2.39. The van der Waals surface area contributed by atoms with E-state index in [2.05, 4.69) is 0 Å². The maximum Gasteiger partial charge on any atom is 0.219 e. The maximum atomic E-state index is 12.3. The lowest BCUT2D eigenvalue weighted by atomic mass is 9.89. The predicted molar refractivity (Wildman–Crippen MR) is 119 cm³/mol. The quantitative estimate of drug-likeness (QED) is 0.276. The number of aryl methyl sites for hydroxylation is 1. The summed E-state index contributed by atoms with van der Waals surface area (Å²) in [6, 6.07) is 9.72. The summed E-state index contributed by atoms with van der Waals surface area (Å²) >= 11 is 0. The Kier molecular flexibility index (Phi) is 7.64. The van der Waals surface area contributed by atoms with E-state index in [1.807, 2.05) is 47.8 Å². The molecule has 0 spiro atoms. The van der Waals surface area contributed by atoms with Crippen LogP contribution in [0.1, 0.15) is 57.8 Å².